The van der Waals surface area contributed by atoms with E-state index in [-0.39, 0.29) is 16.2 Å². The van der Waals surface area contributed by atoms with Gasteiger partial charge in [0.25, 0.3) is 0 Å². The van der Waals surface area contributed by atoms with Crippen LogP contribution in [0.3, 0.4) is 0 Å². The number of amides is 1. The summed E-state index contributed by atoms with van der Waals surface area (Å²) >= 11 is 0. The quantitative estimate of drug-likeness (QED) is 0.292. The number of piperidine rings is 1. The molecular weight excluding hydrogens is 580 g/mol. The van der Waals surface area contributed by atoms with Gasteiger partial charge in [0.2, 0.25) is 5.91 Å². The first kappa shape index (κ1) is 33.1. The number of carboxylic acid groups (broad SMARTS) is 1. The number of carbonyl (C=O) groups excluding carboxylic acids is 1. The van der Waals surface area contributed by atoms with Gasteiger partial charge in [0.05, 0.1) is 11.0 Å². The van der Waals surface area contributed by atoms with Gasteiger partial charge in [-0.3, -0.25) is 4.79 Å². The minimum atomic E-state index is -0.864. The molecule has 5 nitrogen and oxygen atoms in total. The number of hydrogen-bond acceptors (Lipinski definition) is 3. The summed E-state index contributed by atoms with van der Waals surface area (Å²) in [5.74, 6) is 3.81. The number of hydrogen-bond donors (Lipinski definition) is 2. The third-order valence-electron chi connectivity index (χ3n) is 15.3. The van der Waals surface area contributed by atoms with Crippen molar-refractivity contribution in [2.24, 2.45) is 57.7 Å². The summed E-state index contributed by atoms with van der Waals surface area (Å²) < 4.78 is 0. The minimum absolute atomic E-state index is 0.0564. The van der Waals surface area contributed by atoms with Crippen LogP contribution in [0.2, 0.25) is 0 Å². The van der Waals surface area contributed by atoms with Crippen LogP contribution >= 0.6 is 0 Å². The second kappa shape index (κ2) is 12.5. The maximum absolute atomic E-state index is 14.3. The van der Waals surface area contributed by atoms with Gasteiger partial charge in [0, 0.05) is 13.1 Å². The molecule has 5 heteroatoms. The Morgan fingerprint density at radius 2 is 1.60 bits per heavy atom. The topological polar surface area (TPSA) is 69.6 Å². The summed E-state index contributed by atoms with van der Waals surface area (Å²) in [4.78, 5) is 28.4. The number of allylic oxidation sites excluding steroid dienone is 3. The first-order valence-corrected chi connectivity index (χ1v) is 19.2. The maximum atomic E-state index is 14.3. The Labute approximate surface area is 284 Å². The number of nitrogens with one attached hydrogen (secondary N) is 1. The molecule has 4 saturated carbocycles. The number of nitrogens with zero attached hydrogens (tertiary/aromatic N) is 1. The first-order valence-electron chi connectivity index (χ1n) is 19.2. The second-order valence-electron chi connectivity index (χ2n) is 17.6. The number of benzene rings is 1. The van der Waals surface area contributed by atoms with E-state index in [0.717, 1.165) is 50.6 Å². The van der Waals surface area contributed by atoms with Gasteiger partial charge in [0.1, 0.15) is 0 Å². The van der Waals surface area contributed by atoms with Crippen LogP contribution in [0, 0.1) is 57.7 Å². The van der Waals surface area contributed by atoms with Crippen molar-refractivity contribution in [1.82, 2.24) is 10.2 Å². The fraction of sp³-hybridized carbons (Fsp3) is 0.714. The van der Waals surface area contributed by atoms with E-state index in [0.29, 0.717) is 41.1 Å². The molecule has 2 N–H and O–H groups in total. The highest BCUT2D eigenvalue weighted by atomic mass is 16.4. The van der Waals surface area contributed by atoms with Gasteiger partial charge >= 0.3 is 5.97 Å². The average molecular weight is 641 g/mol. The smallest absolute Gasteiger partial charge is 0.335 e. The van der Waals surface area contributed by atoms with Gasteiger partial charge in [-0.2, -0.15) is 0 Å². The Bertz CT molecular complexity index is 1410. The van der Waals surface area contributed by atoms with E-state index in [9.17, 15) is 14.7 Å². The van der Waals surface area contributed by atoms with Gasteiger partial charge in [-0.05, 0) is 166 Å². The minimum Gasteiger partial charge on any atom is -0.478 e. The van der Waals surface area contributed by atoms with Gasteiger partial charge < -0.3 is 15.3 Å². The predicted octanol–water partition coefficient (Wildman–Crippen LogP) is 8.86. The summed E-state index contributed by atoms with van der Waals surface area (Å²) in [6, 6.07) is 7.57. The summed E-state index contributed by atoms with van der Waals surface area (Å²) in [5.41, 5.74) is 4.36. The van der Waals surface area contributed by atoms with Crippen molar-refractivity contribution < 1.29 is 14.7 Å². The van der Waals surface area contributed by atoms with E-state index in [1.807, 2.05) is 12.1 Å². The molecule has 7 rings (SSSR count). The lowest BCUT2D eigenvalue weighted by molar-refractivity contribution is -0.166. The number of aromatic carboxylic acids is 1. The van der Waals surface area contributed by atoms with Crippen molar-refractivity contribution in [3.05, 3.63) is 53.6 Å². The molecule has 1 aromatic carbocycles. The van der Waals surface area contributed by atoms with Crippen molar-refractivity contribution in [2.75, 3.05) is 26.2 Å². The van der Waals surface area contributed by atoms with E-state index in [4.69, 9.17) is 0 Å². The molecule has 1 heterocycles. The molecule has 6 aliphatic rings. The van der Waals surface area contributed by atoms with Gasteiger partial charge in [-0.25, -0.2) is 4.79 Å². The summed E-state index contributed by atoms with van der Waals surface area (Å²) in [6.45, 7) is 18.4. The molecule has 0 bridgehead atoms. The molecule has 5 aliphatic carbocycles. The molecule has 5 fully saturated rings. The zero-order valence-electron chi connectivity index (χ0n) is 29.7. The molecular formula is C42H60N2O3. The normalized spacial score (nSPS) is 39.4. The molecule has 9 atom stereocenters. The largest absolute Gasteiger partial charge is 0.478 e. The van der Waals surface area contributed by atoms with Crippen LogP contribution < -0.4 is 5.32 Å². The van der Waals surface area contributed by atoms with E-state index in [2.05, 4.69) is 50.6 Å². The highest BCUT2D eigenvalue weighted by molar-refractivity contribution is 5.88. The van der Waals surface area contributed by atoms with Gasteiger partial charge in [0.15, 0.2) is 0 Å². The van der Waals surface area contributed by atoms with Crippen LogP contribution in [0.25, 0.3) is 5.57 Å². The van der Waals surface area contributed by atoms with Crippen LogP contribution in [0.5, 0.6) is 0 Å². The third-order valence-corrected chi connectivity index (χ3v) is 15.3. The Balaban J connectivity index is 1.11. The molecule has 1 amide bonds. The van der Waals surface area contributed by atoms with E-state index in [1.54, 1.807) is 12.1 Å². The number of rotatable bonds is 7. The number of fused-ring (bicyclic) bond motifs is 7. The molecule has 1 saturated heterocycles. The molecule has 0 spiro atoms. The zero-order chi connectivity index (χ0) is 33.1. The maximum Gasteiger partial charge on any atom is 0.335 e. The van der Waals surface area contributed by atoms with E-state index >= 15 is 0 Å². The van der Waals surface area contributed by atoms with Crippen LogP contribution in [-0.4, -0.2) is 48.1 Å². The standard InChI is InChI=1S/C42H60N2O3/c1-27(2)30-19-20-42(39(47)43-23-26-44-24-7-6-8-25-44)22-21-41(5)35-18-17-34-31(32(35)14-16-36(41)37(30)42)13-15-33(40(34,3)4)28-9-11-29(12-10-28)38(45)46/h9-12,15,30-32,34-37H,1,6-8,13-14,16-26H2,2-5H3,(H,43,47)(H,45,46)/t30-,31?,32+,34+,35?,36?,37+,41-,42?/m0/s1. The average Bonchev–Trinajstić information content (AvgIpc) is 3.46. The van der Waals surface area contributed by atoms with Crippen molar-refractivity contribution in [2.45, 2.75) is 105 Å². The number of carboxylic acids is 1. The number of likely N-dealkylation sites (tertiary alicyclic amines) is 1. The second-order valence-corrected chi connectivity index (χ2v) is 17.6. The Morgan fingerprint density at radius 3 is 2.30 bits per heavy atom. The fourth-order valence-electron chi connectivity index (χ4n) is 13.0. The van der Waals surface area contributed by atoms with Gasteiger partial charge in [-0.1, -0.05) is 57.6 Å². The van der Waals surface area contributed by atoms with E-state index < -0.39 is 5.97 Å². The van der Waals surface area contributed by atoms with Crippen LogP contribution in [0.1, 0.15) is 121 Å². The number of carbonyl (C=O) groups is 2. The van der Waals surface area contributed by atoms with Crippen molar-refractivity contribution in [3.63, 3.8) is 0 Å². The predicted molar refractivity (Wildman–Crippen MR) is 190 cm³/mol. The van der Waals surface area contributed by atoms with Gasteiger partial charge in [-0.15, -0.1) is 0 Å². The van der Waals surface area contributed by atoms with Crippen LogP contribution in [0.4, 0.5) is 0 Å². The monoisotopic (exact) mass is 640 g/mol. The van der Waals surface area contributed by atoms with Crippen molar-refractivity contribution in [1.29, 1.82) is 0 Å². The third kappa shape index (κ3) is 5.46. The summed E-state index contributed by atoms with van der Waals surface area (Å²) in [6.07, 6.45) is 17.1. The molecule has 1 aromatic rings. The lowest BCUT2D eigenvalue weighted by Gasteiger charge is -2.65. The Hall–Kier alpha value is -2.40. The summed E-state index contributed by atoms with van der Waals surface area (Å²) in [5, 5.41) is 12.9. The fourth-order valence-corrected chi connectivity index (χ4v) is 13.0. The highest BCUT2D eigenvalue weighted by Gasteiger charge is 2.66. The van der Waals surface area contributed by atoms with Crippen LogP contribution in [0.15, 0.2) is 42.5 Å². The first-order chi connectivity index (χ1) is 22.5. The van der Waals surface area contributed by atoms with Crippen LogP contribution in [-0.2, 0) is 4.79 Å². The summed E-state index contributed by atoms with van der Waals surface area (Å²) in [7, 11) is 0. The molecule has 0 radical (unpaired) electrons. The molecule has 0 aromatic heterocycles. The lowest BCUT2D eigenvalue weighted by atomic mass is 9.40. The Kier molecular flexibility index (Phi) is 8.80. The zero-order valence-corrected chi connectivity index (χ0v) is 29.7. The lowest BCUT2D eigenvalue weighted by Crippen LogP contribution is -2.60. The molecule has 256 valence electrons. The SMILES string of the molecule is C=C(C)[C@@H]1CCC2(C(=O)NCCN3CCCCC3)CC[C@@]3(C)C4CC[C@@H]5C(CC=C(c6ccc(C(=O)O)cc6)C5(C)C)[C@H]4CCC3[C@@H]12. The van der Waals surface area contributed by atoms with Crippen molar-refractivity contribution >= 4 is 17.4 Å². The van der Waals surface area contributed by atoms with Crippen molar-refractivity contribution in [3.8, 4) is 0 Å². The Morgan fingerprint density at radius 1 is 0.894 bits per heavy atom. The molecule has 47 heavy (non-hydrogen) atoms. The highest BCUT2D eigenvalue weighted by Crippen LogP contribution is 2.71. The molecule has 4 unspecified atom stereocenters. The molecule has 1 aliphatic heterocycles. The van der Waals surface area contributed by atoms with E-state index in [1.165, 1.54) is 81.2 Å².